The molecule has 0 saturated carbocycles. The van der Waals surface area contributed by atoms with Crippen molar-refractivity contribution in [2.75, 3.05) is 19.5 Å². The minimum atomic E-state index is -0.315. The number of carbonyl (C=O) groups is 1. The van der Waals surface area contributed by atoms with Crippen LogP contribution in [0.25, 0.3) is 11.5 Å². The summed E-state index contributed by atoms with van der Waals surface area (Å²) in [6.07, 6.45) is 0. The summed E-state index contributed by atoms with van der Waals surface area (Å²) in [5, 5.41) is 10.5. The highest BCUT2D eigenvalue weighted by Crippen LogP contribution is 2.33. The lowest BCUT2D eigenvalue weighted by Crippen LogP contribution is -2.12. The number of anilines is 1. The van der Waals surface area contributed by atoms with Crippen LogP contribution in [0.5, 0.6) is 11.5 Å². The average Bonchev–Trinajstić information content (AvgIpc) is 3.11. The fourth-order valence-electron chi connectivity index (χ4n) is 2.41. The van der Waals surface area contributed by atoms with Gasteiger partial charge in [-0.15, -0.1) is 5.10 Å². The Morgan fingerprint density at radius 2 is 1.81 bits per heavy atom. The molecular weight excluding hydrogens is 334 g/mol. The van der Waals surface area contributed by atoms with E-state index in [4.69, 9.17) is 13.9 Å². The number of hydrogen-bond donors (Lipinski definition) is 1. The van der Waals surface area contributed by atoms with Crippen LogP contribution in [0.15, 0.2) is 40.8 Å². The molecule has 3 rings (SSSR count). The molecule has 0 saturated heterocycles. The van der Waals surface area contributed by atoms with E-state index in [2.05, 4.69) is 15.5 Å². The number of nitrogens with one attached hydrogen (secondary N) is 1. The first kappa shape index (κ1) is 17.5. The molecule has 0 aliphatic heterocycles. The Morgan fingerprint density at radius 1 is 1.00 bits per heavy atom. The van der Waals surface area contributed by atoms with Gasteiger partial charge in [0.1, 0.15) is 11.5 Å². The first-order valence-corrected chi connectivity index (χ1v) is 7.96. The molecule has 1 N–H and O–H groups in total. The smallest absolute Gasteiger partial charge is 0.322 e. The highest BCUT2D eigenvalue weighted by molar-refractivity contribution is 6.03. The largest absolute Gasteiger partial charge is 0.497 e. The molecule has 2 aromatic carbocycles. The Hall–Kier alpha value is -3.35. The molecule has 0 bridgehead atoms. The Morgan fingerprint density at radius 3 is 2.50 bits per heavy atom. The second kappa shape index (κ2) is 7.26. The van der Waals surface area contributed by atoms with Gasteiger partial charge in [-0.25, -0.2) is 0 Å². The minimum absolute atomic E-state index is 0.0149. The maximum atomic E-state index is 12.3. The lowest BCUT2D eigenvalue weighted by molar-refractivity contribution is 0.102. The molecule has 1 amide bonds. The molecule has 1 heterocycles. The minimum Gasteiger partial charge on any atom is -0.497 e. The van der Waals surface area contributed by atoms with Crippen molar-refractivity contribution >= 4 is 11.9 Å². The van der Waals surface area contributed by atoms with Gasteiger partial charge in [0.15, 0.2) is 0 Å². The van der Waals surface area contributed by atoms with Gasteiger partial charge in [0.05, 0.1) is 19.8 Å². The summed E-state index contributed by atoms with van der Waals surface area (Å²) < 4.78 is 16.1. The molecule has 26 heavy (non-hydrogen) atoms. The normalized spacial score (nSPS) is 10.5. The third-order valence-corrected chi connectivity index (χ3v) is 4.05. The van der Waals surface area contributed by atoms with E-state index in [1.54, 1.807) is 31.4 Å². The average molecular weight is 353 g/mol. The first-order chi connectivity index (χ1) is 12.5. The summed E-state index contributed by atoms with van der Waals surface area (Å²) >= 11 is 0. The lowest BCUT2D eigenvalue weighted by atomic mass is 10.1. The van der Waals surface area contributed by atoms with E-state index in [-0.39, 0.29) is 17.8 Å². The standard InChI is InChI=1S/C19H19N3O4/c1-11-5-6-13(9-12(11)2)17(23)20-19-22-21-18(26-19)15-8-7-14(24-3)10-16(15)25-4/h5-10H,1-4H3,(H,20,22,23). The van der Waals surface area contributed by atoms with Crippen molar-refractivity contribution in [1.82, 2.24) is 10.2 Å². The predicted molar refractivity (Wildman–Crippen MR) is 96.7 cm³/mol. The molecule has 0 spiro atoms. The van der Waals surface area contributed by atoms with Gasteiger partial charge in [0.2, 0.25) is 0 Å². The number of nitrogens with zero attached hydrogens (tertiary/aromatic N) is 2. The molecule has 0 radical (unpaired) electrons. The van der Waals surface area contributed by atoms with Crippen LogP contribution in [0, 0.1) is 13.8 Å². The third-order valence-electron chi connectivity index (χ3n) is 4.05. The fourth-order valence-corrected chi connectivity index (χ4v) is 2.41. The zero-order valence-corrected chi connectivity index (χ0v) is 15.0. The lowest BCUT2D eigenvalue weighted by Gasteiger charge is -2.07. The molecule has 0 aliphatic rings. The van der Waals surface area contributed by atoms with Gasteiger partial charge in [-0.05, 0) is 49.2 Å². The number of methoxy groups -OCH3 is 2. The quantitative estimate of drug-likeness (QED) is 0.754. The number of aryl methyl sites for hydroxylation is 2. The van der Waals surface area contributed by atoms with Crippen molar-refractivity contribution in [3.05, 3.63) is 53.1 Å². The van der Waals surface area contributed by atoms with E-state index in [1.165, 1.54) is 7.11 Å². The Bertz CT molecular complexity index is 950. The highest BCUT2D eigenvalue weighted by atomic mass is 16.5. The van der Waals surface area contributed by atoms with E-state index < -0.39 is 0 Å². The molecule has 3 aromatic rings. The van der Waals surface area contributed by atoms with Gasteiger partial charge in [-0.2, -0.15) is 0 Å². The molecule has 0 unspecified atom stereocenters. The summed E-state index contributed by atoms with van der Waals surface area (Å²) in [5.41, 5.74) is 3.28. The van der Waals surface area contributed by atoms with E-state index in [9.17, 15) is 4.79 Å². The first-order valence-electron chi connectivity index (χ1n) is 7.96. The van der Waals surface area contributed by atoms with Crippen LogP contribution in [-0.4, -0.2) is 30.3 Å². The van der Waals surface area contributed by atoms with E-state index in [0.717, 1.165) is 11.1 Å². The summed E-state index contributed by atoms with van der Waals surface area (Å²) in [5.74, 6) is 1.10. The third kappa shape index (κ3) is 3.51. The summed E-state index contributed by atoms with van der Waals surface area (Å²) in [6.45, 7) is 3.94. The maximum absolute atomic E-state index is 12.3. The number of ether oxygens (including phenoxy) is 2. The molecule has 0 atom stereocenters. The van der Waals surface area contributed by atoms with Crippen LogP contribution in [0.1, 0.15) is 21.5 Å². The molecule has 1 aromatic heterocycles. The predicted octanol–water partition coefficient (Wildman–Crippen LogP) is 3.62. The number of amides is 1. The van der Waals surface area contributed by atoms with E-state index in [1.807, 2.05) is 26.0 Å². The number of rotatable bonds is 5. The van der Waals surface area contributed by atoms with Crippen molar-refractivity contribution in [2.45, 2.75) is 13.8 Å². The maximum Gasteiger partial charge on any atom is 0.322 e. The molecule has 0 aliphatic carbocycles. The number of hydrogen-bond acceptors (Lipinski definition) is 6. The second-order valence-corrected chi connectivity index (χ2v) is 5.73. The Balaban J connectivity index is 1.82. The number of benzene rings is 2. The topological polar surface area (TPSA) is 86.5 Å². The molecule has 134 valence electrons. The van der Waals surface area contributed by atoms with Gasteiger partial charge in [-0.1, -0.05) is 11.2 Å². The van der Waals surface area contributed by atoms with Crippen molar-refractivity contribution < 1.29 is 18.7 Å². The molecular formula is C19H19N3O4. The summed E-state index contributed by atoms with van der Waals surface area (Å²) in [7, 11) is 3.11. The van der Waals surface area contributed by atoms with Gasteiger partial charge in [0, 0.05) is 11.6 Å². The van der Waals surface area contributed by atoms with Crippen LogP contribution < -0.4 is 14.8 Å². The zero-order valence-electron chi connectivity index (χ0n) is 15.0. The molecule has 7 nitrogen and oxygen atoms in total. The van der Waals surface area contributed by atoms with Gasteiger partial charge in [-0.3, -0.25) is 10.1 Å². The Kier molecular flexibility index (Phi) is 4.88. The summed E-state index contributed by atoms with van der Waals surface area (Å²) in [4.78, 5) is 12.3. The van der Waals surface area contributed by atoms with E-state index >= 15 is 0 Å². The van der Waals surface area contributed by atoms with Crippen molar-refractivity contribution in [3.63, 3.8) is 0 Å². The van der Waals surface area contributed by atoms with Crippen LogP contribution in [0.4, 0.5) is 6.01 Å². The fraction of sp³-hybridized carbons (Fsp3) is 0.211. The molecule has 0 fully saturated rings. The van der Waals surface area contributed by atoms with Gasteiger partial charge >= 0.3 is 6.01 Å². The van der Waals surface area contributed by atoms with Gasteiger partial charge in [0.25, 0.3) is 11.8 Å². The van der Waals surface area contributed by atoms with Crippen LogP contribution >= 0.6 is 0 Å². The zero-order chi connectivity index (χ0) is 18.7. The number of aromatic nitrogens is 2. The monoisotopic (exact) mass is 353 g/mol. The van der Waals surface area contributed by atoms with Crippen LogP contribution in [-0.2, 0) is 0 Å². The van der Waals surface area contributed by atoms with Crippen molar-refractivity contribution in [3.8, 4) is 23.0 Å². The van der Waals surface area contributed by atoms with Crippen molar-refractivity contribution in [2.24, 2.45) is 0 Å². The van der Waals surface area contributed by atoms with Crippen LogP contribution in [0.2, 0.25) is 0 Å². The molecule has 7 heteroatoms. The highest BCUT2D eigenvalue weighted by Gasteiger charge is 2.16. The SMILES string of the molecule is COc1ccc(-c2nnc(NC(=O)c3ccc(C)c(C)c3)o2)c(OC)c1. The Labute approximate surface area is 151 Å². The van der Waals surface area contributed by atoms with Crippen molar-refractivity contribution in [1.29, 1.82) is 0 Å². The van der Waals surface area contributed by atoms with Gasteiger partial charge < -0.3 is 13.9 Å². The van der Waals surface area contributed by atoms with Crippen LogP contribution in [0.3, 0.4) is 0 Å². The second-order valence-electron chi connectivity index (χ2n) is 5.73. The van der Waals surface area contributed by atoms with E-state index in [0.29, 0.717) is 22.6 Å². The number of carbonyl (C=O) groups excluding carboxylic acids is 1. The summed E-state index contributed by atoms with van der Waals surface area (Å²) in [6, 6.07) is 10.7.